The summed E-state index contributed by atoms with van der Waals surface area (Å²) in [5.41, 5.74) is 1.12. The maximum Gasteiger partial charge on any atom is 0.266 e. The van der Waals surface area contributed by atoms with Gasteiger partial charge in [0.2, 0.25) is 0 Å². The molecule has 0 aliphatic rings. The second kappa shape index (κ2) is 6.08. The summed E-state index contributed by atoms with van der Waals surface area (Å²) < 4.78 is 40.5. The van der Waals surface area contributed by atoms with Crippen molar-refractivity contribution in [3.63, 3.8) is 0 Å². The zero-order valence-electron chi connectivity index (χ0n) is 11.6. The van der Waals surface area contributed by atoms with Crippen LogP contribution in [0.1, 0.15) is 23.1 Å². The van der Waals surface area contributed by atoms with Gasteiger partial charge in [-0.1, -0.05) is 13.0 Å². The monoisotopic (exact) mass is 330 g/mol. The molecule has 0 aliphatic heterocycles. The molecule has 1 aromatic carbocycles. The second-order valence-corrected chi connectivity index (χ2v) is 7.26. The normalized spacial score (nSPS) is 11.6. The number of anilines is 1. The Morgan fingerprint density at radius 1 is 1.43 bits per heavy atom. The highest BCUT2D eigenvalue weighted by molar-refractivity contribution is 7.93. The smallest absolute Gasteiger partial charge is 0.266 e. The highest BCUT2D eigenvalue weighted by Crippen LogP contribution is 2.26. The van der Waals surface area contributed by atoms with Crippen molar-refractivity contribution in [2.45, 2.75) is 31.8 Å². The molecule has 0 saturated carbocycles. The number of aromatic nitrogens is 1. The fourth-order valence-corrected chi connectivity index (χ4v) is 4.03. The summed E-state index contributed by atoms with van der Waals surface area (Å²) in [6.45, 7) is 3.43. The van der Waals surface area contributed by atoms with Crippen LogP contribution in [0.2, 0.25) is 0 Å². The molecule has 1 heterocycles. The Morgan fingerprint density at radius 3 is 2.67 bits per heavy atom. The van der Waals surface area contributed by atoms with Crippen molar-refractivity contribution in [3.8, 4) is 0 Å². The van der Waals surface area contributed by atoms with E-state index in [0.29, 0.717) is 12.0 Å². The minimum absolute atomic E-state index is 0.218. The lowest BCUT2D eigenvalue weighted by Crippen LogP contribution is -2.14. The van der Waals surface area contributed by atoms with E-state index in [0.717, 1.165) is 22.7 Å². The maximum absolute atomic E-state index is 13.8. The second-order valence-electron chi connectivity index (χ2n) is 4.40. The van der Waals surface area contributed by atoms with Crippen LogP contribution in [-0.4, -0.2) is 18.5 Å². The van der Waals surface area contributed by atoms with Crippen molar-refractivity contribution >= 4 is 26.5 Å². The van der Waals surface area contributed by atoms with Gasteiger partial charge in [-0.15, -0.1) is 11.3 Å². The number of aliphatic hydroxyl groups is 1. The Labute approximate surface area is 126 Å². The summed E-state index contributed by atoms with van der Waals surface area (Å²) in [5, 5.41) is 9.13. The van der Waals surface area contributed by atoms with E-state index in [1.54, 1.807) is 0 Å². The number of nitrogens with one attached hydrogen (secondary N) is 1. The summed E-state index contributed by atoms with van der Waals surface area (Å²) in [5.74, 6) is -0.905. The third kappa shape index (κ3) is 3.39. The van der Waals surface area contributed by atoms with E-state index >= 15 is 0 Å². The Balaban J connectivity index is 2.33. The van der Waals surface area contributed by atoms with Gasteiger partial charge in [-0.3, -0.25) is 4.72 Å². The minimum atomic E-state index is -4.04. The summed E-state index contributed by atoms with van der Waals surface area (Å²) in [7, 11) is -4.04. The number of halogens is 1. The van der Waals surface area contributed by atoms with Crippen LogP contribution in [0, 0.1) is 12.7 Å². The van der Waals surface area contributed by atoms with Gasteiger partial charge in [0.1, 0.15) is 10.7 Å². The molecule has 2 aromatic rings. The van der Waals surface area contributed by atoms with Crippen LogP contribution in [0.4, 0.5) is 9.52 Å². The average molecular weight is 330 g/mol. The van der Waals surface area contributed by atoms with E-state index < -0.39 is 20.7 Å². The number of aryl methyl sites for hydroxylation is 2. The van der Waals surface area contributed by atoms with E-state index in [-0.39, 0.29) is 11.7 Å². The molecule has 0 saturated heterocycles. The molecule has 0 unspecified atom stereocenters. The predicted molar refractivity (Wildman–Crippen MR) is 79.4 cm³/mol. The van der Waals surface area contributed by atoms with Gasteiger partial charge >= 0.3 is 0 Å². The molecule has 0 atom stereocenters. The van der Waals surface area contributed by atoms with Gasteiger partial charge in [0.05, 0.1) is 12.3 Å². The summed E-state index contributed by atoms with van der Waals surface area (Å²) in [6, 6.07) is 3.49. The van der Waals surface area contributed by atoms with Gasteiger partial charge in [-0.2, -0.15) is 0 Å². The Morgan fingerprint density at radius 2 is 2.14 bits per heavy atom. The lowest BCUT2D eigenvalue weighted by Gasteiger charge is -2.07. The molecule has 2 rings (SSSR count). The number of nitrogens with zero attached hydrogens (tertiary/aromatic N) is 1. The molecule has 0 spiro atoms. The Hall–Kier alpha value is -1.51. The zero-order chi connectivity index (χ0) is 15.6. The third-order valence-electron chi connectivity index (χ3n) is 2.92. The first kappa shape index (κ1) is 15.9. The molecule has 0 fully saturated rings. The largest absolute Gasteiger partial charge is 0.392 e. The fraction of sp³-hybridized carbons (Fsp3) is 0.308. The van der Waals surface area contributed by atoms with Crippen molar-refractivity contribution in [2.75, 3.05) is 4.72 Å². The molecule has 1 aromatic heterocycles. The van der Waals surface area contributed by atoms with E-state index in [2.05, 4.69) is 9.71 Å². The molecular formula is C13H15FN2O3S2. The van der Waals surface area contributed by atoms with Crippen LogP contribution in [0.5, 0.6) is 0 Å². The predicted octanol–water partition coefficient (Wildman–Crippen LogP) is 2.45. The molecule has 0 aliphatic carbocycles. The lowest BCUT2D eigenvalue weighted by atomic mass is 10.2. The number of thiazole rings is 1. The first-order valence-electron chi connectivity index (χ1n) is 6.25. The van der Waals surface area contributed by atoms with Crippen LogP contribution >= 0.6 is 11.3 Å². The van der Waals surface area contributed by atoms with Gasteiger partial charge in [-0.25, -0.2) is 17.8 Å². The van der Waals surface area contributed by atoms with Gasteiger partial charge in [0, 0.05) is 4.88 Å². The lowest BCUT2D eigenvalue weighted by molar-refractivity contribution is 0.281. The van der Waals surface area contributed by atoms with Crippen LogP contribution in [0.25, 0.3) is 0 Å². The highest BCUT2D eigenvalue weighted by atomic mass is 32.2. The number of aliphatic hydroxyl groups excluding tert-OH is 1. The number of hydrogen-bond donors (Lipinski definition) is 2. The molecule has 2 N–H and O–H groups in total. The van der Waals surface area contributed by atoms with Crippen molar-refractivity contribution in [2.24, 2.45) is 0 Å². The van der Waals surface area contributed by atoms with Gasteiger partial charge in [0.15, 0.2) is 5.13 Å². The number of hydrogen-bond acceptors (Lipinski definition) is 5. The SMILES string of the molecule is CCc1nc(NS(=O)(=O)c2ccc(CO)cc2F)sc1C. The topological polar surface area (TPSA) is 79.3 Å². The number of sulfonamides is 1. The Bertz CT molecular complexity index is 757. The number of rotatable bonds is 5. The maximum atomic E-state index is 13.8. The van der Waals surface area contributed by atoms with E-state index in [1.807, 2.05) is 13.8 Å². The molecule has 21 heavy (non-hydrogen) atoms. The first-order chi connectivity index (χ1) is 9.87. The summed E-state index contributed by atoms with van der Waals surface area (Å²) in [6.07, 6.45) is 0.698. The molecule has 8 heteroatoms. The quantitative estimate of drug-likeness (QED) is 0.882. The van der Waals surface area contributed by atoms with Gasteiger partial charge in [0.25, 0.3) is 10.0 Å². The third-order valence-corrected chi connectivity index (χ3v) is 5.35. The molecule has 0 amide bonds. The zero-order valence-corrected chi connectivity index (χ0v) is 13.2. The number of benzene rings is 1. The molecule has 0 radical (unpaired) electrons. The minimum Gasteiger partial charge on any atom is -0.392 e. The van der Waals surface area contributed by atoms with Crippen molar-refractivity contribution < 1.29 is 17.9 Å². The van der Waals surface area contributed by atoms with Crippen LogP contribution in [-0.2, 0) is 23.1 Å². The summed E-state index contributed by atoms with van der Waals surface area (Å²) in [4.78, 5) is 4.62. The standard InChI is InChI=1S/C13H15FN2O3S2/c1-3-11-8(2)20-13(15-11)16-21(18,19)12-5-4-9(7-17)6-10(12)14/h4-6,17H,3,7H2,1-2H3,(H,15,16). The Kier molecular flexibility index (Phi) is 4.60. The van der Waals surface area contributed by atoms with Crippen LogP contribution in [0.15, 0.2) is 23.1 Å². The van der Waals surface area contributed by atoms with Crippen LogP contribution < -0.4 is 4.72 Å². The van der Waals surface area contributed by atoms with Gasteiger partial charge in [-0.05, 0) is 31.0 Å². The highest BCUT2D eigenvalue weighted by Gasteiger charge is 2.21. The molecule has 0 bridgehead atoms. The molecule has 114 valence electrons. The van der Waals surface area contributed by atoms with E-state index in [9.17, 15) is 12.8 Å². The van der Waals surface area contributed by atoms with E-state index in [4.69, 9.17) is 5.11 Å². The van der Waals surface area contributed by atoms with Crippen molar-refractivity contribution in [1.82, 2.24) is 4.98 Å². The van der Waals surface area contributed by atoms with Crippen molar-refractivity contribution in [3.05, 3.63) is 40.2 Å². The first-order valence-corrected chi connectivity index (χ1v) is 8.55. The van der Waals surface area contributed by atoms with Gasteiger partial charge < -0.3 is 5.11 Å². The summed E-state index contributed by atoms with van der Waals surface area (Å²) >= 11 is 1.21. The fourth-order valence-electron chi connectivity index (χ4n) is 1.83. The molecule has 5 nitrogen and oxygen atoms in total. The van der Waals surface area contributed by atoms with Crippen molar-refractivity contribution in [1.29, 1.82) is 0 Å². The van der Waals surface area contributed by atoms with E-state index in [1.165, 1.54) is 17.4 Å². The molecular weight excluding hydrogens is 315 g/mol. The van der Waals surface area contributed by atoms with Crippen LogP contribution in [0.3, 0.4) is 0 Å². The average Bonchev–Trinajstić information content (AvgIpc) is 2.77.